The van der Waals surface area contributed by atoms with Gasteiger partial charge in [-0.15, -0.1) is 0 Å². The highest BCUT2D eigenvalue weighted by Gasteiger charge is 2.25. The van der Waals surface area contributed by atoms with Gasteiger partial charge in [-0.3, -0.25) is 9.59 Å². The molecule has 0 aliphatic carbocycles. The maximum absolute atomic E-state index is 12.6. The predicted molar refractivity (Wildman–Crippen MR) is 121 cm³/mol. The lowest BCUT2D eigenvalue weighted by molar-refractivity contribution is -0.122. The summed E-state index contributed by atoms with van der Waals surface area (Å²) in [4.78, 5) is 26.9. The van der Waals surface area contributed by atoms with E-state index < -0.39 is 0 Å². The van der Waals surface area contributed by atoms with Crippen molar-refractivity contribution in [1.29, 1.82) is 0 Å². The molecule has 0 radical (unpaired) electrons. The van der Waals surface area contributed by atoms with Crippen molar-refractivity contribution in [3.63, 3.8) is 0 Å². The summed E-state index contributed by atoms with van der Waals surface area (Å²) in [7, 11) is 3.23. The molecule has 0 atom stereocenters. The van der Waals surface area contributed by atoms with E-state index in [1.807, 2.05) is 54.3 Å². The number of piperidine rings is 1. The van der Waals surface area contributed by atoms with E-state index in [0.717, 1.165) is 36.0 Å². The van der Waals surface area contributed by atoms with Gasteiger partial charge in [0.1, 0.15) is 0 Å². The number of rotatable bonds is 8. The second-order valence-electron chi connectivity index (χ2n) is 8.10. The first kappa shape index (κ1) is 22.7. The average Bonchev–Trinajstić information content (AvgIpc) is 2.79. The summed E-state index contributed by atoms with van der Waals surface area (Å²) in [6, 6.07) is 13.5. The smallest absolute Gasteiger partial charge is 0.253 e. The van der Waals surface area contributed by atoms with Crippen LogP contribution in [0.5, 0.6) is 11.5 Å². The van der Waals surface area contributed by atoms with Crippen LogP contribution in [0.1, 0.15) is 40.7 Å². The molecule has 1 heterocycles. The minimum absolute atomic E-state index is 0.0730. The van der Waals surface area contributed by atoms with Crippen LogP contribution >= 0.6 is 0 Å². The standard InChI is InChI=1S/C25H32N2O4/c1-18-4-7-21(8-5-18)25(29)27-14-11-20(12-15-27)17-24(28)26-13-10-19-6-9-22(30-2)23(16-19)31-3/h4-9,16,20H,10-15,17H2,1-3H3,(H,26,28). The van der Waals surface area contributed by atoms with Gasteiger partial charge in [0.05, 0.1) is 14.2 Å². The van der Waals surface area contributed by atoms with Crippen molar-refractivity contribution >= 4 is 11.8 Å². The number of nitrogens with zero attached hydrogens (tertiary/aromatic N) is 1. The molecule has 1 aliphatic heterocycles. The molecule has 6 heteroatoms. The minimum atomic E-state index is 0.0730. The summed E-state index contributed by atoms with van der Waals surface area (Å²) in [6.07, 6.45) is 2.97. The molecule has 0 spiro atoms. The number of likely N-dealkylation sites (tertiary alicyclic amines) is 1. The van der Waals surface area contributed by atoms with Crippen LogP contribution in [0.3, 0.4) is 0 Å². The van der Waals surface area contributed by atoms with Gasteiger partial charge in [-0.05, 0) is 61.9 Å². The van der Waals surface area contributed by atoms with Crippen molar-refractivity contribution in [3.8, 4) is 11.5 Å². The normalized spacial score (nSPS) is 14.2. The third-order valence-electron chi connectivity index (χ3n) is 5.86. The first-order chi connectivity index (χ1) is 15.0. The van der Waals surface area contributed by atoms with Gasteiger partial charge < -0.3 is 19.7 Å². The van der Waals surface area contributed by atoms with Crippen molar-refractivity contribution in [2.45, 2.75) is 32.6 Å². The second kappa shape index (κ2) is 10.8. The Hall–Kier alpha value is -3.02. The Balaban J connectivity index is 1.39. The van der Waals surface area contributed by atoms with E-state index in [9.17, 15) is 9.59 Å². The van der Waals surface area contributed by atoms with Gasteiger partial charge in [-0.25, -0.2) is 0 Å². The van der Waals surface area contributed by atoms with Crippen LogP contribution < -0.4 is 14.8 Å². The summed E-state index contributed by atoms with van der Waals surface area (Å²) in [5.74, 6) is 1.87. The summed E-state index contributed by atoms with van der Waals surface area (Å²) in [5.41, 5.74) is 2.96. The van der Waals surface area contributed by atoms with Crippen LogP contribution in [0.4, 0.5) is 0 Å². The zero-order chi connectivity index (χ0) is 22.2. The van der Waals surface area contributed by atoms with Crippen LogP contribution in [-0.2, 0) is 11.2 Å². The van der Waals surface area contributed by atoms with Gasteiger partial charge in [-0.2, -0.15) is 0 Å². The maximum Gasteiger partial charge on any atom is 0.253 e. The Morgan fingerprint density at radius 3 is 2.32 bits per heavy atom. The van der Waals surface area contributed by atoms with Crippen molar-refractivity contribution in [1.82, 2.24) is 10.2 Å². The Morgan fingerprint density at radius 1 is 1.00 bits per heavy atom. The number of methoxy groups -OCH3 is 2. The molecule has 0 saturated carbocycles. The minimum Gasteiger partial charge on any atom is -0.493 e. The van der Waals surface area contributed by atoms with E-state index in [1.54, 1.807) is 14.2 Å². The van der Waals surface area contributed by atoms with Gasteiger partial charge in [-0.1, -0.05) is 23.8 Å². The van der Waals surface area contributed by atoms with Gasteiger partial charge in [0.2, 0.25) is 5.91 Å². The fourth-order valence-corrected chi connectivity index (χ4v) is 3.94. The lowest BCUT2D eigenvalue weighted by Gasteiger charge is -2.31. The molecule has 1 N–H and O–H groups in total. The van der Waals surface area contributed by atoms with Crippen molar-refractivity contribution in [2.24, 2.45) is 5.92 Å². The lowest BCUT2D eigenvalue weighted by Crippen LogP contribution is -2.39. The van der Waals surface area contributed by atoms with Gasteiger partial charge in [0, 0.05) is 31.6 Å². The number of nitrogens with one attached hydrogen (secondary N) is 1. The monoisotopic (exact) mass is 424 g/mol. The number of aryl methyl sites for hydroxylation is 1. The molecule has 2 aromatic rings. The first-order valence-corrected chi connectivity index (χ1v) is 10.8. The van der Waals surface area contributed by atoms with E-state index in [2.05, 4.69) is 5.32 Å². The molecular formula is C25H32N2O4. The number of benzene rings is 2. The number of carbonyl (C=O) groups excluding carboxylic acids is 2. The molecule has 1 saturated heterocycles. The molecule has 6 nitrogen and oxygen atoms in total. The zero-order valence-electron chi connectivity index (χ0n) is 18.6. The fourth-order valence-electron chi connectivity index (χ4n) is 3.94. The van der Waals surface area contributed by atoms with E-state index >= 15 is 0 Å². The Bertz CT molecular complexity index is 887. The molecule has 0 aromatic heterocycles. The molecule has 2 amide bonds. The van der Waals surface area contributed by atoms with Gasteiger partial charge >= 0.3 is 0 Å². The number of ether oxygens (including phenoxy) is 2. The number of hydrogen-bond donors (Lipinski definition) is 1. The predicted octanol–water partition coefficient (Wildman–Crippen LogP) is 3.61. The van der Waals surface area contributed by atoms with Crippen LogP contribution in [0.2, 0.25) is 0 Å². The number of carbonyl (C=O) groups is 2. The van der Waals surface area contributed by atoms with Crippen molar-refractivity contribution < 1.29 is 19.1 Å². The highest BCUT2D eigenvalue weighted by molar-refractivity contribution is 5.94. The molecule has 1 aliphatic rings. The average molecular weight is 425 g/mol. The second-order valence-corrected chi connectivity index (χ2v) is 8.10. The molecule has 2 aromatic carbocycles. The van der Waals surface area contributed by atoms with Crippen molar-refractivity contribution in [2.75, 3.05) is 33.9 Å². The number of amides is 2. The van der Waals surface area contributed by atoms with Gasteiger partial charge in [0.15, 0.2) is 11.5 Å². The quantitative estimate of drug-likeness (QED) is 0.703. The van der Waals surface area contributed by atoms with Crippen LogP contribution in [-0.4, -0.2) is 50.6 Å². The molecule has 0 bridgehead atoms. The maximum atomic E-state index is 12.6. The largest absolute Gasteiger partial charge is 0.493 e. The molecule has 0 unspecified atom stereocenters. The van der Waals surface area contributed by atoms with Gasteiger partial charge in [0.25, 0.3) is 5.91 Å². The Labute approximate surface area is 184 Å². The molecule has 31 heavy (non-hydrogen) atoms. The Kier molecular flexibility index (Phi) is 7.93. The molecule has 166 valence electrons. The summed E-state index contributed by atoms with van der Waals surface area (Å²) < 4.78 is 10.6. The van der Waals surface area contributed by atoms with E-state index in [1.165, 1.54) is 0 Å². The van der Waals surface area contributed by atoms with Crippen molar-refractivity contribution in [3.05, 3.63) is 59.2 Å². The van der Waals surface area contributed by atoms with E-state index in [4.69, 9.17) is 9.47 Å². The fraction of sp³-hybridized carbons (Fsp3) is 0.440. The third kappa shape index (κ3) is 6.23. The van der Waals surface area contributed by atoms with E-state index in [-0.39, 0.29) is 11.8 Å². The SMILES string of the molecule is COc1ccc(CCNC(=O)CC2CCN(C(=O)c3ccc(C)cc3)CC2)cc1OC. The first-order valence-electron chi connectivity index (χ1n) is 10.8. The van der Waals surface area contributed by atoms with Crippen LogP contribution in [0.25, 0.3) is 0 Å². The lowest BCUT2D eigenvalue weighted by atomic mass is 9.92. The summed E-state index contributed by atoms with van der Waals surface area (Å²) >= 11 is 0. The zero-order valence-corrected chi connectivity index (χ0v) is 18.6. The van der Waals surface area contributed by atoms with Crippen LogP contribution in [0, 0.1) is 12.8 Å². The summed E-state index contributed by atoms with van der Waals surface area (Å²) in [6.45, 7) is 4.00. The molecular weight excluding hydrogens is 392 g/mol. The molecule has 3 rings (SSSR count). The Morgan fingerprint density at radius 2 is 1.68 bits per heavy atom. The summed E-state index contributed by atoms with van der Waals surface area (Å²) in [5, 5.41) is 3.02. The third-order valence-corrected chi connectivity index (χ3v) is 5.86. The molecule has 1 fully saturated rings. The van der Waals surface area contributed by atoms with Crippen LogP contribution in [0.15, 0.2) is 42.5 Å². The van der Waals surface area contributed by atoms with E-state index in [0.29, 0.717) is 43.5 Å². The highest BCUT2D eigenvalue weighted by atomic mass is 16.5. The highest BCUT2D eigenvalue weighted by Crippen LogP contribution is 2.27. The number of hydrogen-bond acceptors (Lipinski definition) is 4. The topological polar surface area (TPSA) is 67.9 Å².